The lowest BCUT2D eigenvalue weighted by Crippen LogP contribution is -2.44. The first-order valence-corrected chi connectivity index (χ1v) is 8.42. The molecule has 112 valence electrons. The lowest BCUT2D eigenvalue weighted by atomic mass is 10.0. The van der Waals surface area contributed by atoms with Crippen LogP contribution < -0.4 is 0 Å². The summed E-state index contributed by atoms with van der Waals surface area (Å²) in [6, 6.07) is -0.224. The van der Waals surface area contributed by atoms with Crippen LogP contribution in [0.15, 0.2) is 17.6 Å². The number of aromatic nitrogens is 2. The van der Waals surface area contributed by atoms with E-state index in [0.717, 1.165) is 19.3 Å². The number of rotatable bonds is 5. The second kappa shape index (κ2) is 6.05. The molecular weight excluding hydrogens is 278 g/mol. The summed E-state index contributed by atoms with van der Waals surface area (Å²) < 4.78 is 28.5. The van der Waals surface area contributed by atoms with E-state index >= 15 is 0 Å². The number of aryl methyl sites for hydroxylation is 1. The first-order chi connectivity index (χ1) is 9.45. The molecule has 2 rings (SSSR count). The standard InChI is InChI=1S/C13H21N3O3S/c1-3-15-9-13(14-10-15)20(18,19)16-7-5-4-6-12(16)8-11(2)17/h9-10,12H,3-8H2,1-2H3. The summed E-state index contributed by atoms with van der Waals surface area (Å²) in [5, 5.41) is 0.0785. The van der Waals surface area contributed by atoms with Gasteiger partial charge in [0, 0.05) is 31.7 Å². The van der Waals surface area contributed by atoms with Crippen LogP contribution in [0.1, 0.15) is 39.5 Å². The highest BCUT2D eigenvalue weighted by Crippen LogP contribution is 2.26. The van der Waals surface area contributed by atoms with Crippen molar-refractivity contribution in [2.24, 2.45) is 0 Å². The number of carbonyl (C=O) groups is 1. The third kappa shape index (κ3) is 3.09. The largest absolute Gasteiger partial charge is 0.336 e. The predicted molar refractivity (Wildman–Crippen MR) is 74.7 cm³/mol. The monoisotopic (exact) mass is 299 g/mol. The zero-order valence-electron chi connectivity index (χ0n) is 11.9. The maximum Gasteiger partial charge on any atom is 0.262 e. The van der Waals surface area contributed by atoms with Crippen molar-refractivity contribution in [2.45, 2.75) is 57.1 Å². The fourth-order valence-electron chi connectivity index (χ4n) is 2.59. The molecule has 1 aliphatic rings. The lowest BCUT2D eigenvalue weighted by molar-refractivity contribution is -0.118. The van der Waals surface area contributed by atoms with Crippen LogP contribution in [0.3, 0.4) is 0 Å². The quantitative estimate of drug-likeness (QED) is 0.824. The van der Waals surface area contributed by atoms with Crippen LogP contribution in [0.25, 0.3) is 0 Å². The van der Waals surface area contributed by atoms with Crippen LogP contribution >= 0.6 is 0 Å². The second-order valence-electron chi connectivity index (χ2n) is 5.21. The Balaban J connectivity index is 2.27. The third-order valence-corrected chi connectivity index (χ3v) is 5.48. The summed E-state index contributed by atoms with van der Waals surface area (Å²) in [4.78, 5) is 15.3. The summed E-state index contributed by atoms with van der Waals surface area (Å²) in [6.07, 6.45) is 5.90. The van der Waals surface area contributed by atoms with Gasteiger partial charge in [-0.15, -0.1) is 0 Å². The molecule has 0 N–H and O–H groups in total. The Labute approximate surface area is 119 Å². The Bertz CT molecular complexity index is 579. The smallest absolute Gasteiger partial charge is 0.262 e. The van der Waals surface area contributed by atoms with Crippen molar-refractivity contribution >= 4 is 15.8 Å². The van der Waals surface area contributed by atoms with Gasteiger partial charge < -0.3 is 4.57 Å². The van der Waals surface area contributed by atoms with Gasteiger partial charge in [-0.1, -0.05) is 6.42 Å². The van der Waals surface area contributed by atoms with Crippen molar-refractivity contribution in [3.8, 4) is 0 Å². The van der Waals surface area contributed by atoms with Crippen LogP contribution in [0.5, 0.6) is 0 Å². The zero-order chi connectivity index (χ0) is 14.8. The van der Waals surface area contributed by atoms with E-state index in [9.17, 15) is 13.2 Å². The van der Waals surface area contributed by atoms with Crippen molar-refractivity contribution in [1.82, 2.24) is 13.9 Å². The third-order valence-electron chi connectivity index (χ3n) is 3.64. The minimum absolute atomic E-state index is 0.0242. The molecule has 1 aromatic heterocycles. The molecule has 7 heteroatoms. The predicted octanol–water partition coefficient (Wildman–Crippen LogP) is 1.43. The molecule has 6 nitrogen and oxygen atoms in total. The van der Waals surface area contributed by atoms with Gasteiger partial charge >= 0.3 is 0 Å². The Morgan fingerprint density at radius 2 is 2.20 bits per heavy atom. The summed E-state index contributed by atoms with van der Waals surface area (Å²) in [6.45, 7) is 4.58. The summed E-state index contributed by atoms with van der Waals surface area (Å²) in [5.41, 5.74) is 0. The summed E-state index contributed by atoms with van der Waals surface area (Å²) in [7, 11) is -3.60. The van der Waals surface area contributed by atoms with Gasteiger partial charge in [-0.3, -0.25) is 4.79 Å². The van der Waals surface area contributed by atoms with E-state index in [1.54, 1.807) is 10.8 Å². The van der Waals surface area contributed by atoms with Crippen molar-refractivity contribution in [1.29, 1.82) is 0 Å². The molecule has 20 heavy (non-hydrogen) atoms. The molecule has 1 saturated heterocycles. The van der Waals surface area contributed by atoms with Crippen molar-refractivity contribution in [3.63, 3.8) is 0 Å². The first-order valence-electron chi connectivity index (χ1n) is 6.98. The number of carbonyl (C=O) groups excluding carboxylic acids is 1. The average molecular weight is 299 g/mol. The first kappa shape index (κ1) is 15.2. The van der Waals surface area contributed by atoms with Gasteiger partial charge in [0.05, 0.1) is 6.33 Å². The molecule has 0 spiro atoms. The molecule has 1 atom stereocenters. The average Bonchev–Trinajstić information content (AvgIpc) is 2.88. The minimum atomic E-state index is -3.60. The summed E-state index contributed by atoms with van der Waals surface area (Å²) in [5.74, 6) is 0.0242. The number of hydrogen-bond acceptors (Lipinski definition) is 4. The van der Waals surface area contributed by atoms with Gasteiger partial charge in [0.2, 0.25) is 0 Å². The molecule has 1 unspecified atom stereocenters. The number of nitrogens with zero attached hydrogens (tertiary/aromatic N) is 3. The van der Waals surface area contributed by atoms with Gasteiger partial charge in [-0.25, -0.2) is 13.4 Å². The van der Waals surface area contributed by atoms with Crippen LogP contribution in [0.4, 0.5) is 0 Å². The number of hydrogen-bond donors (Lipinski definition) is 0. The van der Waals surface area contributed by atoms with Gasteiger partial charge in [-0.2, -0.15) is 4.31 Å². The van der Waals surface area contributed by atoms with Gasteiger partial charge in [-0.05, 0) is 26.7 Å². The second-order valence-corrected chi connectivity index (χ2v) is 7.05. The number of piperidine rings is 1. The Kier molecular flexibility index (Phi) is 4.59. The molecule has 0 saturated carbocycles. The van der Waals surface area contributed by atoms with Crippen LogP contribution in [-0.2, 0) is 21.4 Å². The van der Waals surface area contributed by atoms with Gasteiger partial charge in [0.15, 0.2) is 5.03 Å². The Hall–Kier alpha value is -1.21. The van der Waals surface area contributed by atoms with Crippen molar-refractivity contribution in [3.05, 3.63) is 12.5 Å². The zero-order valence-corrected chi connectivity index (χ0v) is 12.8. The van der Waals surface area contributed by atoms with Gasteiger partial charge in [0.1, 0.15) is 5.78 Å². The Morgan fingerprint density at radius 1 is 1.45 bits per heavy atom. The fourth-order valence-corrected chi connectivity index (χ4v) is 4.22. The van der Waals surface area contributed by atoms with E-state index in [0.29, 0.717) is 13.1 Å². The molecule has 1 fully saturated rings. The van der Waals surface area contributed by atoms with E-state index in [-0.39, 0.29) is 23.3 Å². The van der Waals surface area contributed by atoms with E-state index < -0.39 is 10.0 Å². The van der Waals surface area contributed by atoms with Crippen LogP contribution in [0, 0.1) is 0 Å². The maximum atomic E-state index is 12.6. The molecule has 0 aliphatic carbocycles. The van der Waals surface area contributed by atoms with Crippen molar-refractivity contribution < 1.29 is 13.2 Å². The fraction of sp³-hybridized carbons (Fsp3) is 0.692. The van der Waals surface area contributed by atoms with Crippen LogP contribution in [0.2, 0.25) is 0 Å². The highest BCUT2D eigenvalue weighted by Gasteiger charge is 2.35. The molecule has 1 aliphatic heterocycles. The topological polar surface area (TPSA) is 72.3 Å². The normalized spacial score (nSPS) is 21.0. The molecule has 0 aromatic carbocycles. The van der Waals surface area contributed by atoms with E-state index in [1.807, 2.05) is 6.92 Å². The van der Waals surface area contributed by atoms with Crippen LogP contribution in [-0.4, -0.2) is 40.6 Å². The molecule has 2 heterocycles. The number of imidazole rings is 1. The molecule has 0 amide bonds. The molecule has 1 aromatic rings. The maximum absolute atomic E-state index is 12.6. The molecule has 0 radical (unpaired) electrons. The molecule has 0 bridgehead atoms. The minimum Gasteiger partial charge on any atom is -0.336 e. The highest BCUT2D eigenvalue weighted by atomic mass is 32.2. The summed E-state index contributed by atoms with van der Waals surface area (Å²) >= 11 is 0. The molecular formula is C13H21N3O3S. The van der Waals surface area contributed by atoms with E-state index in [4.69, 9.17) is 0 Å². The number of Topliss-reactive ketones (excluding diaryl/α,β-unsaturated/α-hetero) is 1. The van der Waals surface area contributed by atoms with E-state index in [1.165, 1.54) is 17.6 Å². The van der Waals surface area contributed by atoms with Crippen molar-refractivity contribution in [2.75, 3.05) is 6.54 Å². The van der Waals surface area contributed by atoms with Gasteiger partial charge in [0.25, 0.3) is 10.0 Å². The number of sulfonamides is 1. The lowest BCUT2D eigenvalue weighted by Gasteiger charge is -2.33. The SMILES string of the molecule is CCn1cnc(S(=O)(=O)N2CCCCC2CC(C)=O)c1. The van der Waals surface area contributed by atoms with E-state index in [2.05, 4.69) is 4.98 Å². The Morgan fingerprint density at radius 3 is 2.80 bits per heavy atom. The highest BCUT2D eigenvalue weighted by molar-refractivity contribution is 7.89. The number of ketones is 1.